The standard InChI is InChI=1S/C15H22N2O/c1-5-10-16-15(18)12(4)17-14-8-6-13(7-9-14)11(2)3/h5-9,11-12,17H,1,10H2,2-4H3,(H,16,18). The fourth-order valence-electron chi connectivity index (χ4n) is 1.61. The van der Waals surface area contributed by atoms with Crippen molar-refractivity contribution >= 4 is 11.6 Å². The average Bonchev–Trinajstić information content (AvgIpc) is 2.36. The Balaban J connectivity index is 2.56. The van der Waals surface area contributed by atoms with Crippen LogP contribution >= 0.6 is 0 Å². The van der Waals surface area contributed by atoms with Crippen LogP contribution in [-0.2, 0) is 4.79 Å². The minimum absolute atomic E-state index is 0.0252. The number of hydrogen-bond donors (Lipinski definition) is 2. The van der Waals surface area contributed by atoms with Gasteiger partial charge in [-0.05, 0) is 30.5 Å². The van der Waals surface area contributed by atoms with Gasteiger partial charge in [-0.15, -0.1) is 6.58 Å². The Labute approximate surface area is 109 Å². The van der Waals surface area contributed by atoms with Crippen LogP contribution in [0.3, 0.4) is 0 Å². The molecule has 1 aromatic carbocycles. The molecule has 0 fully saturated rings. The molecule has 0 aliphatic carbocycles. The topological polar surface area (TPSA) is 41.1 Å². The van der Waals surface area contributed by atoms with Crippen molar-refractivity contribution in [3.63, 3.8) is 0 Å². The van der Waals surface area contributed by atoms with E-state index in [1.165, 1.54) is 5.56 Å². The van der Waals surface area contributed by atoms with E-state index in [1.54, 1.807) is 6.08 Å². The van der Waals surface area contributed by atoms with Gasteiger partial charge in [0.2, 0.25) is 5.91 Å². The lowest BCUT2D eigenvalue weighted by Gasteiger charge is -2.15. The molecular formula is C15H22N2O. The van der Waals surface area contributed by atoms with Gasteiger partial charge in [0.15, 0.2) is 0 Å². The molecule has 0 aromatic heterocycles. The van der Waals surface area contributed by atoms with Crippen LogP contribution in [0.5, 0.6) is 0 Å². The summed E-state index contributed by atoms with van der Waals surface area (Å²) in [6.45, 7) is 10.2. The van der Waals surface area contributed by atoms with Gasteiger partial charge in [0, 0.05) is 12.2 Å². The summed E-state index contributed by atoms with van der Waals surface area (Å²) in [5, 5.41) is 5.93. The zero-order valence-corrected chi connectivity index (χ0v) is 11.4. The second kappa shape index (κ2) is 6.84. The van der Waals surface area contributed by atoms with Gasteiger partial charge in [-0.1, -0.05) is 32.1 Å². The molecule has 0 saturated carbocycles. The third kappa shape index (κ3) is 4.24. The van der Waals surface area contributed by atoms with E-state index in [0.29, 0.717) is 12.5 Å². The van der Waals surface area contributed by atoms with E-state index in [1.807, 2.05) is 19.1 Å². The molecule has 0 radical (unpaired) electrons. The fraction of sp³-hybridized carbons (Fsp3) is 0.400. The van der Waals surface area contributed by atoms with Gasteiger partial charge < -0.3 is 10.6 Å². The predicted octanol–water partition coefficient (Wildman–Crippen LogP) is 2.91. The molecule has 3 heteroatoms. The van der Waals surface area contributed by atoms with Crippen LogP contribution in [0.2, 0.25) is 0 Å². The lowest BCUT2D eigenvalue weighted by Crippen LogP contribution is -2.37. The summed E-state index contributed by atoms with van der Waals surface area (Å²) in [4.78, 5) is 11.7. The molecule has 0 spiro atoms. The Morgan fingerprint density at radius 2 is 1.89 bits per heavy atom. The van der Waals surface area contributed by atoms with Gasteiger partial charge in [-0.2, -0.15) is 0 Å². The van der Waals surface area contributed by atoms with Crippen LogP contribution in [0.1, 0.15) is 32.3 Å². The van der Waals surface area contributed by atoms with Gasteiger partial charge >= 0.3 is 0 Å². The van der Waals surface area contributed by atoms with E-state index in [4.69, 9.17) is 0 Å². The predicted molar refractivity (Wildman–Crippen MR) is 76.8 cm³/mol. The number of rotatable bonds is 6. The van der Waals surface area contributed by atoms with E-state index < -0.39 is 0 Å². The maximum absolute atomic E-state index is 11.7. The molecule has 0 aliphatic heterocycles. The third-order valence-corrected chi connectivity index (χ3v) is 2.77. The van der Waals surface area contributed by atoms with E-state index >= 15 is 0 Å². The molecule has 18 heavy (non-hydrogen) atoms. The maximum Gasteiger partial charge on any atom is 0.242 e. The van der Waals surface area contributed by atoms with Crippen molar-refractivity contribution < 1.29 is 4.79 Å². The highest BCUT2D eigenvalue weighted by Gasteiger charge is 2.11. The molecule has 2 N–H and O–H groups in total. The van der Waals surface area contributed by atoms with Crippen molar-refractivity contribution in [3.8, 4) is 0 Å². The van der Waals surface area contributed by atoms with Crippen molar-refractivity contribution in [1.29, 1.82) is 0 Å². The first kappa shape index (κ1) is 14.3. The van der Waals surface area contributed by atoms with Crippen molar-refractivity contribution in [2.45, 2.75) is 32.7 Å². The molecule has 3 nitrogen and oxygen atoms in total. The minimum Gasteiger partial charge on any atom is -0.374 e. The molecule has 1 amide bonds. The van der Waals surface area contributed by atoms with E-state index in [0.717, 1.165) is 5.69 Å². The molecule has 98 valence electrons. The number of carbonyl (C=O) groups excluding carboxylic acids is 1. The SMILES string of the molecule is C=CCNC(=O)C(C)Nc1ccc(C(C)C)cc1. The van der Waals surface area contributed by atoms with Gasteiger partial charge in [-0.25, -0.2) is 0 Å². The Hall–Kier alpha value is -1.77. The van der Waals surface area contributed by atoms with Crippen LogP contribution in [0.15, 0.2) is 36.9 Å². The Bertz CT molecular complexity index is 395. The third-order valence-electron chi connectivity index (χ3n) is 2.77. The van der Waals surface area contributed by atoms with Crippen molar-refractivity contribution in [3.05, 3.63) is 42.5 Å². The van der Waals surface area contributed by atoms with Crippen LogP contribution in [0, 0.1) is 0 Å². The highest BCUT2D eigenvalue weighted by atomic mass is 16.2. The summed E-state index contributed by atoms with van der Waals surface area (Å²) in [6, 6.07) is 7.93. The number of nitrogens with one attached hydrogen (secondary N) is 2. The largest absolute Gasteiger partial charge is 0.374 e. The lowest BCUT2D eigenvalue weighted by molar-refractivity contribution is -0.121. The smallest absolute Gasteiger partial charge is 0.242 e. The Morgan fingerprint density at radius 1 is 1.28 bits per heavy atom. The fourth-order valence-corrected chi connectivity index (χ4v) is 1.61. The van der Waals surface area contributed by atoms with Gasteiger partial charge in [0.05, 0.1) is 0 Å². The van der Waals surface area contributed by atoms with E-state index in [2.05, 4.69) is 43.2 Å². The first-order chi connectivity index (χ1) is 8.54. The highest BCUT2D eigenvalue weighted by molar-refractivity contribution is 5.84. The maximum atomic E-state index is 11.7. The van der Waals surface area contributed by atoms with Crippen molar-refractivity contribution in [1.82, 2.24) is 5.32 Å². The number of carbonyl (C=O) groups is 1. The zero-order valence-electron chi connectivity index (χ0n) is 11.4. The zero-order chi connectivity index (χ0) is 13.5. The molecule has 1 aromatic rings. The van der Waals surface area contributed by atoms with Crippen molar-refractivity contribution in [2.75, 3.05) is 11.9 Å². The highest BCUT2D eigenvalue weighted by Crippen LogP contribution is 2.17. The quantitative estimate of drug-likeness (QED) is 0.758. The first-order valence-electron chi connectivity index (χ1n) is 6.29. The van der Waals surface area contributed by atoms with Crippen LogP contribution in [-0.4, -0.2) is 18.5 Å². The summed E-state index contributed by atoms with van der Waals surface area (Å²) in [6.07, 6.45) is 1.67. The van der Waals surface area contributed by atoms with Crippen LogP contribution < -0.4 is 10.6 Å². The van der Waals surface area contributed by atoms with Crippen LogP contribution in [0.4, 0.5) is 5.69 Å². The lowest BCUT2D eigenvalue weighted by atomic mass is 10.0. The molecule has 0 aliphatic rings. The van der Waals surface area contributed by atoms with Crippen LogP contribution in [0.25, 0.3) is 0 Å². The minimum atomic E-state index is -0.255. The molecule has 0 bridgehead atoms. The number of amides is 1. The normalized spacial score (nSPS) is 12.0. The molecular weight excluding hydrogens is 224 g/mol. The van der Waals surface area contributed by atoms with Crippen molar-refractivity contribution in [2.24, 2.45) is 0 Å². The van der Waals surface area contributed by atoms with E-state index in [-0.39, 0.29) is 11.9 Å². The molecule has 1 unspecified atom stereocenters. The monoisotopic (exact) mass is 246 g/mol. The molecule has 1 rings (SSSR count). The van der Waals surface area contributed by atoms with E-state index in [9.17, 15) is 4.79 Å². The first-order valence-corrected chi connectivity index (χ1v) is 6.29. The summed E-state index contributed by atoms with van der Waals surface area (Å²) in [7, 11) is 0. The number of anilines is 1. The van der Waals surface area contributed by atoms with Gasteiger partial charge in [-0.3, -0.25) is 4.79 Å². The summed E-state index contributed by atoms with van der Waals surface area (Å²) in [5.74, 6) is 0.496. The number of benzene rings is 1. The molecule has 0 heterocycles. The summed E-state index contributed by atoms with van der Waals surface area (Å²) in [5.41, 5.74) is 2.25. The second-order valence-electron chi connectivity index (χ2n) is 4.68. The Morgan fingerprint density at radius 3 is 2.39 bits per heavy atom. The van der Waals surface area contributed by atoms with Gasteiger partial charge in [0.25, 0.3) is 0 Å². The number of hydrogen-bond acceptors (Lipinski definition) is 2. The Kier molecular flexibility index (Phi) is 5.43. The molecule has 0 saturated heterocycles. The average molecular weight is 246 g/mol. The summed E-state index contributed by atoms with van der Waals surface area (Å²) < 4.78 is 0. The second-order valence-corrected chi connectivity index (χ2v) is 4.68. The van der Waals surface area contributed by atoms with Gasteiger partial charge in [0.1, 0.15) is 6.04 Å². The molecule has 1 atom stereocenters. The summed E-state index contributed by atoms with van der Waals surface area (Å²) >= 11 is 0.